The third-order valence-electron chi connectivity index (χ3n) is 5.23. The Morgan fingerprint density at radius 2 is 1.80 bits per heavy atom. The van der Waals surface area contributed by atoms with Crippen LogP contribution in [0, 0.1) is 5.92 Å². The molecule has 4 nitrogen and oxygen atoms in total. The lowest BCUT2D eigenvalue weighted by molar-refractivity contribution is -0.126. The molecule has 0 radical (unpaired) electrons. The number of amides is 1. The van der Waals surface area contributed by atoms with Gasteiger partial charge in [-0.3, -0.25) is 4.79 Å². The molecule has 1 amide bonds. The Bertz CT molecular complexity index is 757. The van der Waals surface area contributed by atoms with Gasteiger partial charge >= 0.3 is 0 Å². The molecule has 1 aliphatic carbocycles. The maximum Gasteiger partial charge on any atom is 0.246 e. The third kappa shape index (κ3) is 3.63. The average Bonchev–Trinajstić information content (AvgIpc) is 3.20. The molecule has 1 saturated carbocycles. The highest BCUT2D eigenvalue weighted by atomic mass is 16.3. The fraction of sp³-hybridized carbons (Fsp3) is 0.381. The molecule has 1 aromatic carbocycles. The first-order valence-electron chi connectivity index (χ1n) is 9.07. The van der Waals surface area contributed by atoms with Crippen molar-refractivity contribution in [3.05, 3.63) is 60.1 Å². The van der Waals surface area contributed by atoms with Crippen molar-refractivity contribution in [1.29, 1.82) is 0 Å². The first kappa shape index (κ1) is 16.0. The van der Waals surface area contributed by atoms with Crippen LogP contribution < -0.4 is 4.90 Å². The molecule has 2 fully saturated rings. The number of rotatable bonds is 4. The number of furan rings is 1. The predicted molar refractivity (Wildman–Crippen MR) is 99.5 cm³/mol. The van der Waals surface area contributed by atoms with Crippen LogP contribution >= 0.6 is 0 Å². The number of piperazine rings is 1. The van der Waals surface area contributed by atoms with Gasteiger partial charge in [0.1, 0.15) is 11.5 Å². The summed E-state index contributed by atoms with van der Waals surface area (Å²) in [6.07, 6.45) is 4.64. The number of carbonyl (C=O) groups is 1. The molecule has 2 aromatic rings. The van der Waals surface area contributed by atoms with Crippen molar-refractivity contribution >= 4 is 17.7 Å². The van der Waals surface area contributed by atoms with Crippen LogP contribution in [0.2, 0.25) is 0 Å². The number of carbonyl (C=O) groups excluding carboxylic acids is 1. The van der Waals surface area contributed by atoms with Gasteiger partial charge in [-0.15, -0.1) is 0 Å². The second-order valence-corrected chi connectivity index (χ2v) is 7.04. The fourth-order valence-electron chi connectivity index (χ4n) is 3.46. The summed E-state index contributed by atoms with van der Waals surface area (Å²) in [6, 6.07) is 14.4. The van der Waals surface area contributed by atoms with Crippen molar-refractivity contribution in [2.45, 2.75) is 19.3 Å². The van der Waals surface area contributed by atoms with Crippen molar-refractivity contribution < 1.29 is 9.21 Å². The Balaban J connectivity index is 1.31. The molecule has 0 N–H and O–H groups in total. The quantitative estimate of drug-likeness (QED) is 0.798. The van der Waals surface area contributed by atoms with Gasteiger partial charge in [-0.25, -0.2) is 0 Å². The summed E-state index contributed by atoms with van der Waals surface area (Å²) in [6.45, 7) is 5.48. The van der Waals surface area contributed by atoms with Crippen LogP contribution in [0.3, 0.4) is 0 Å². The minimum absolute atomic E-state index is 0.0606. The molecule has 130 valence electrons. The molecule has 2 atom stereocenters. The van der Waals surface area contributed by atoms with Gasteiger partial charge in [0.25, 0.3) is 0 Å². The van der Waals surface area contributed by atoms with Crippen LogP contribution in [-0.2, 0) is 4.79 Å². The zero-order valence-corrected chi connectivity index (χ0v) is 14.6. The van der Waals surface area contributed by atoms with Crippen LogP contribution in [0.4, 0.5) is 5.69 Å². The SMILES string of the molecule is C[C@@H]1C[C@@H]1c1ccc(/C=C\C(=O)N2CCN(c3ccccc3)CC2)o1. The highest BCUT2D eigenvalue weighted by molar-refractivity contribution is 5.91. The number of hydrogen-bond acceptors (Lipinski definition) is 3. The number of hydrogen-bond donors (Lipinski definition) is 0. The zero-order valence-electron chi connectivity index (χ0n) is 14.6. The average molecular weight is 336 g/mol. The minimum atomic E-state index is 0.0606. The molecular formula is C21H24N2O2. The van der Waals surface area contributed by atoms with Crippen molar-refractivity contribution in [1.82, 2.24) is 4.90 Å². The molecule has 4 rings (SSSR count). The second kappa shape index (κ2) is 6.79. The summed E-state index contributed by atoms with van der Waals surface area (Å²) in [7, 11) is 0. The Labute approximate surface area is 148 Å². The molecule has 2 heterocycles. The molecule has 1 aromatic heterocycles. The van der Waals surface area contributed by atoms with Crippen molar-refractivity contribution in [3.8, 4) is 0 Å². The Morgan fingerprint density at radius 3 is 2.48 bits per heavy atom. The van der Waals surface area contributed by atoms with E-state index in [1.165, 1.54) is 12.1 Å². The molecule has 4 heteroatoms. The smallest absolute Gasteiger partial charge is 0.246 e. The van der Waals surface area contributed by atoms with E-state index < -0.39 is 0 Å². The van der Waals surface area contributed by atoms with Gasteiger partial charge in [0.05, 0.1) is 0 Å². The summed E-state index contributed by atoms with van der Waals surface area (Å²) in [5.74, 6) is 3.18. The minimum Gasteiger partial charge on any atom is -0.461 e. The molecule has 25 heavy (non-hydrogen) atoms. The summed E-state index contributed by atoms with van der Waals surface area (Å²) < 4.78 is 5.82. The van der Waals surface area contributed by atoms with E-state index in [2.05, 4.69) is 36.1 Å². The molecule has 2 aliphatic rings. The number of benzene rings is 1. The summed E-state index contributed by atoms with van der Waals surface area (Å²) in [5, 5.41) is 0. The standard InChI is InChI=1S/C21H24N2O2/c1-16-15-19(16)20-9-7-18(25-20)8-10-21(24)23-13-11-22(12-14-23)17-5-3-2-4-6-17/h2-10,16,19H,11-15H2,1H3/b10-8-/t16-,19+/m1/s1. The van der Waals surface area contributed by atoms with Crippen LogP contribution in [0.15, 0.2) is 53.0 Å². The number of nitrogens with zero attached hydrogens (tertiary/aromatic N) is 2. The maximum absolute atomic E-state index is 12.4. The van der Waals surface area contributed by atoms with Gasteiger partial charge in [-0.05, 0) is 42.7 Å². The monoisotopic (exact) mass is 336 g/mol. The van der Waals surface area contributed by atoms with Gasteiger partial charge < -0.3 is 14.2 Å². The topological polar surface area (TPSA) is 36.7 Å². The van der Waals surface area contributed by atoms with Crippen molar-refractivity contribution in [2.24, 2.45) is 5.92 Å². The molecule has 0 spiro atoms. The zero-order chi connectivity index (χ0) is 17.2. The summed E-state index contributed by atoms with van der Waals surface area (Å²) in [4.78, 5) is 16.6. The van der Waals surface area contributed by atoms with Crippen LogP contribution in [0.1, 0.15) is 30.8 Å². The molecular weight excluding hydrogens is 312 g/mol. The summed E-state index contributed by atoms with van der Waals surface area (Å²) >= 11 is 0. The highest BCUT2D eigenvalue weighted by Crippen LogP contribution is 2.47. The van der Waals surface area contributed by atoms with E-state index in [0.29, 0.717) is 5.92 Å². The van der Waals surface area contributed by atoms with Crippen molar-refractivity contribution in [3.63, 3.8) is 0 Å². The maximum atomic E-state index is 12.4. The number of para-hydroxylation sites is 1. The number of anilines is 1. The van der Waals surface area contributed by atoms with Gasteiger partial charge in [0.2, 0.25) is 5.91 Å². The summed E-state index contributed by atoms with van der Waals surface area (Å²) in [5.41, 5.74) is 1.22. The molecule has 1 saturated heterocycles. The van der Waals surface area contributed by atoms with E-state index in [1.807, 2.05) is 23.1 Å². The molecule has 0 bridgehead atoms. The van der Waals surface area contributed by atoms with E-state index in [4.69, 9.17) is 4.42 Å². The largest absolute Gasteiger partial charge is 0.461 e. The Morgan fingerprint density at radius 1 is 1.08 bits per heavy atom. The lowest BCUT2D eigenvalue weighted by atomic mass is 10.2. The second-order valence-electron chi connectivity index (χ2n) is 7.04. The normalized spacial score (nSPS) is 23.2. The Kier molecular flexibility index (Phi) is 4.35. The highest BCUT2D eigenvalue weighted by Gasteiger charge is 2.36. The van der Waals surface area contributed by atoms with Gasteiger partial charge in [-0.1, -0.05) is 25.1 Å². The van der Waals surface area contributed by atoms with E-state index >= 15 is 0 Å². The van der Waals surface area contributed by atoms with E-state index in [-0.39, 0.29) is 5.91 Å². The fourth-order valence-corrected chi connectivity index (χ4v) is 3.46. The molecule has 0 unspecified atom stereocenters. The van der Waals surface area contributed by atoms with Gasteiger partial charge in [0, 0.05) is 43.9 Å². The third-order valence-corrected chi connectivity index (χ3v) is 5.23. The van der Waals surface area contributed by atoms with Crippen molar-refractivity contribution in [2.75, 3.05) is 31.1 Å². The van der Waals surface area contributed by atoms with E-state index in [1.54, 1.807) is 12.2 Å². The lowest BCUT2D eigenvalue weighted by Gasteiger charge is -2.35. The van der Waals surface area contributed by atoms with E-state index in [9.17, 15) is 4.79 Å². The van der Waals surface area contributed by atoms with Crippen LogP contribution in [0.5, 0.6) is 0 Å². The first-order chi connectivity index (χ1) is 12.2. The van der Waals surface area contributed by atoms with Crippen LogP contribution in [0.25, 0.3) is 6.08 Å². The first-order valence-corrected chi connectivity index (χ1v) is 9.07. The van der Waals surface area contributed by atoms with Crippen LogP contribution in [-0.4, -0.2) is 37.0 Å². The Hall–Kier alpha value is -2.49. The molecule has 1 aliphatic heterocycles. The van der Waals surface area contributed by atoms with E-state index in [0.717, 1.165) is 43.6 Å². The lowest BCUT2D eigenvalue weighted by Crippen LogP contribution is -2.48. The van der Waals surface area contributed by atoms with Gasteiger partial charge in [0.15, 0.2) is 0 Å². The predicted octanol–water partition coefficient (Wildman–Crippen LogP) is 3.77. The van der Waals surface area contributed by atoms with Gasteiger partial charge in [-0.2, -0.15) is 0 Å².